The first-order valence-electron chi connectivity index (χ1n) is 6.41. The van der Waals surface area contributed by atoms with Crippen LogP contribution < -0.4 is 5.32 Å². The molecule has 2 rings (SSSR count). The monoisotopic (exact) mass is 240 g/mol. The van der Waals surface area contributed by atoms with Gasteiger partial charge in [0.1, 0.15) is 0 Å². The van der Waals surface area contributed by atoms with Crippen LogP contribution in [0.5, 0.6) is 0 Å². The van der Waals surface area contributed by atoms with Gasteiger partial charge in [-0.1, -0.05) is 18.9 Å². The summed E-state index contributed by atoms with van der Waals surface area (Å²) < 4.78 is 2.21. The number of hydrogen-bond donors (Lipinski definition) is 1. The van der Waals surface area contributed by atoms with Crippen LogP contribution in [0.25, 0.3) is 10.9 Å². The number of hydrogen-bond acceptors (Lipinski definition) is 1. The number of aryl methyl sites for hydroxylation is 1. The zero-order valence-electron chi connectivity index (χ0n) is 11.4. The molecule has 0 unspecified atom stereocenters. The van der Waals surface area contributed by atoms with Gasteiger partial charge in [-0.3, -0.25) is 0 Å². The van der Waals surface area contributed by atoms with Crippen molar-refractivity contribution in [2.75, 3.05) is 6.54 Å². The lowest BCUT2D eigenvalue weighted by Gasteiger charge is -2.05. The van der Waals surface area contributed by atoms with Crippen molar-refractivity contribution in [3.8, 4) is 12.3 Å². The third-order valence-electron chi connectivity index (χ3n) is 3.53. The molecule has 0 radical (unpaired) electrons. The Labute approximate surface area is 109 Å². The fourth-order valence-corrected chi connectivity index (χ4v) is 2.37. The van der Waals surface area contributed by atoms with E-state index in [9.17, 15) is 0 Å². The van der Waals surface area contributed by atoms with Gasteiger partial charge >= 0.3 is 0 Å². The second-order valence-corrected chi connectivity index (χ2v) is 4.63. The average Bonchev–Trinajstić information content (AvgIpc) is 2.62. The van der Waals surface area contributed by atoms with E-state index >= 15 is 0 Å². The Hall–Kier alpha value is -1.72. The predicted octanol–water partition coefficient (Wildman–Crippen LogP) is 3.00. The second kappa shape index (κ2) is 5.29. The van der Waals surface area contributed by atoms with E-state index in [4.69, 9.17) is 6.42 Å². The van der Waals surface area contributed by atoms with Gasteiger partial charge in [-0.2, -0.15) is 0 Å². The molecule has 18 heavy (non-hydrogen) atoms. The normalized spacial score (nSPS) is 10.8. The average molecular weight is 240 g/mol. The van der Waals surface area contributed by atoms with Gasteiger partial charge in [0.25, 0.3) is 0 Å². The highest BCUT2D eigenvalue weighted by molar-refractivity contribution is 5.86. The largest absolute Gasteiger partial charge is 0.333 e. The predicted molar refractivity (Wildman–Crippen MR) is 77.6 cm³/mol. The summed E-state index contributed by atoms with van der Waals surface area (Å²) in [6.07, 6.45) is 5.44. The second-order valence-electron chi connectivity index (χ2n) is 4.63. The molecule has 1 N–H and O–H groups in total. The fraction of sp³-hybridized carbons (Fsp3) is 0.375. The summed E-state index contributed by atoms with van der Waals surface area (Å²) in [5, 5.41) is 4.67. The summed E-state index contributed by atoms with van der Waals surface area (Å²) in [6, 6.07) is 6.63. The highest BCUT2D eigenvalue weighted by atomic mass is 15.0. The van der Waals surface area contributed by atoms with Crippen LogP contribution in [0.1, 0.15) is 23.7 Å². The Bertz CT molecular complexity index is 600. The van der Waals surface area contributed by atoms with Crippen molar-refractivity contribution in [1.29, 1.82) is 0 Å². The first kappa shape index (κ1) is 12.7. The van der Waals surface area contributed by atoms with Crippen LogP contribution in [0.3, 0.4) is 0 Å². The van der Waals surface area contributed by atoms with E-state index in [1.807, 2.05) is 0 Å². The van der Waals surface area contributed by atoms with Crippen LogP contribution in [0, 0.1) is 26.2 Å². The highest BCUT2D eigenvalue weighted by Gasteiger charge is 2.10. The van der Waals surface area contributed by atoms with E-state index in [-0.39, 0.29) is 0 Å². The third-order valence-corrected chi connectivity index (χ3v) is 3.53. The minimum atomic E-state index is 0.642. The van der Waals surface area contributed by atoms with E-state index in [0.29, 0.717) is 6.54 Å². The standard InChI is InChI=1S/C16H20N2/c1-5-9-18-13(4)12(3)15-10-14(11-17-6-2)7-8-16(15)18/h1,7-8,10,17H,6,9,11H2,2-4H3. The van der Waals surface area contributed by atoms with Gasteiger partial charge in [0.05, 0.1) is 6.54 Å². The van der Waals surface area contributed by atoms with Crippen molar-refractivity contribution in [1.82, 2.24) is 9.88 Å². The molecule has 1 heterocycles. The molecule has 1 aromatic carbocycles. The molecule has 0 amide bonds. The Balaban J connectivity index is 2.51. The summed E-state index contributed by atoms with van der Waals surface area (Å²) in [6.45, 7) is 8.98. The Kier molecular flexibility index (Phi) is 3.74. The molecule has 0 aliphatic carbocycles. The molecule has 2 nitrogen and oxygen atoms in total. The van der Waals surface area contributed by atoms with Gasteiger partial charge in [0, 0.05) is 23.1 Å². The van der Waals surface area contributed by atoms with Crippen molar-refractivity contribution >= 4 is 10.9 Å². The molecule has 0 fully saturated rings. The zero-order chi connectivity index (χ0) is 13.1. The van der Waals surface area contributed by atoms with Crippen molar-refractivity contribution in [3.05, 3.63) is 35.0 Å². The van der Waals surface area contributed by atoms with Crippen molar-refractivity contribution < 1.29 is 0 Å². The van der Waals surface area contributed by atoms with Gasteiger partial charge < -0.3 is 9.88 Å². The summed E-state index contributed by atoms with van der Waals surface area (Å²) in [4.78, 5) is 0. The van der Waals surface area contributed by atoms with E-state index in [0.717, 1.165) is 13.1 Å². The Morgan fingerprint density at radius 3 is 2.78 bits per heavy atom. The Morgan fingerprint density at radius 1 is 1.33 bits per heavy atom. The molecule has 2 aromatic rings. The Morgan fingerprint density at radius 2 is 2.11 bits per heavy atom. The SMILES string of the molecule is C#CCn1c(C)c(C)c2cc(CNCC)ccc21. The van der Waals surface area contributed by atoms with Crippen molar-refractivity contribution in [2.24, 2.45) is 0 Å². The molecule has 0 saturated carbocycles. The molecule has 0 aliphatic rings. The van der Waals surface area contributed by atoms with Gasteiger partial charge in [0.15, 0.2) is 0 Å². The van der Waals surface area contributed by atoms with Crippen LogP contribution in [0.2, 0.25) is 0 Å². The highest BCUT2D eigenvalue weighted by Crippen LogP contribution is 2.26. The van der Waals surface area contributed by atoms with Crippen LogP contribution >= 0.6 is 0 Å². The summed E-state index contributed by atoms with van der Waals surface area (Å²) >= 11 is 0. The molecule has 0 bridgehead atoms. The zero-order valence-corrected chi connectivity index (χ0v) is 11.4. The number of benzene rings is 1. The number of nitrogens with one attached hydrogen (secondary N) is 1. The molecular formula is C16H20N2. The topological polar surface area (TPSA) is 17.0 Å². The minimum Gasteiger partial charge on any atom is -0.333 e. The maximum absolute atomic E-state index is 5.44. The molecule has 0 spiro atoms. The molecule has 0 atom stereocenters. The number of fused-ring (bicyclic) bond motifs is 1. The molecular weight excluding hydrogens is 220 g/mol. The van der Waals surface area contributed by atoms with Gasteiger partial charge in [-0.25, -0.2) is 0 Å². The van der Waals surface area contributed by atoms with Gasteiger partial charge in [-0.15, -0.1) is 6.42 Å². The lowest BCUT2D eigenvalue weighted by Crippen LogP contribution is -2.11. The number of aromatic nitrogens is 1. The van der Waals surface area contributed by atoms with Crippen LogP contribution in [-0.4, -0.2) is 11.1 Å². The van der Waals surface area contributed by atoms with Crippen LogP contribution in [-0.2, 0) is 13.1 Å². The number of terminal acetylenes is 1. The third kappa shape index (κ3) is 2.14. The maximum atomic E-state index is 5.44. The maximum Gasteiger partial charge on any atom is 0.0837 e. The van der Waals surface area contributed by atoms with E-state index in [1.54, 1.807) is 0 Å². The molecule has 0 saturated heterocycles. The summed E-state index contributed by atoms with van der Waals surface area (Å²) in [5.74, 6) is 2.73. The summed E-state index contributed by atoms with van der Waals surface area (Å²) in [5.41, 5.74) is 5.16. The van der Waals surface area contributed by atoms with Crippen molar-refractivity contribution in [2.45, 2.75) is 33.9 Å². The lowest BCUT2D eigenvalue weighted by atomic mass is 10.1. The van der Waals surface area contributed by atoms with Crippen LogP contribution in [0.4, 0.5) is 0 Å². The van der Waals surface area contributed by atoms with Crippen LogP contribution in [0.15, 0.2) is 18.2 Å². The minimum absolute atomic E-state index is 0.642. The van der Waals surface area contributed by atoms with Gasteiger partial charge in [0.2, 0.25) is 0 Å². The first-order chi connectivity index (χ1) is 8.69. The first-order valence-corrected chi connectivity index (χ1v) is 6.41. The van der Waals surface area contributed by atoms with Gasteiger partial charge in [-0.05, 0) is 43.7 Å². The van der Waals surface area contributed by atoms with E-state index < -0.39 is 0 Å². The number of nitrogens with zero attached hydrogens (tertiary/aromatic N) is 1. The lowest BCUT2D eigenvalue weighted by molar-refractivity contribution is 0.727. The van der Waals surface area contributed by atoms with E-state index in [2.05, 4.69) is 54.8 Å². The molecule has 1 aromatic heterocycles. The summed E-state index contributed by atoms with van der Waals surface area (Å²) in [7, 11) is 0. The quantitative estimate of drug-likeness (QED) is 0.813. The smallest absolute Gasteiger partial charge is 0.0837 e. The molecule has 0 aliphatic heterocycles. The van der Waals surface area contributed by atoms with E-state index in [1.165, 1.54) is 27.7 Å². The fourth-order valence-electron chi connectivity index (χ4n) is 2.37. The molecule has 2 heteroatoms. The molecule has 94 valence electrons. The number of rotatable bonds is 4. The van der Waals surface area contributed by atoms with Crippen molar-refractivity contribution in [3.63, 3.8) is 0 Å².